The minimum Gasteiger partial charge on any atom is -0.481 e. The third kappa shape index (κ3) is 4.10. The molecule has 10 heteroatoms. The second-order valence-corrected chi connectivity index (χ2v) is 6.27. The van der Waals surface area contributed by atoms with Gasteiger partial charge in [0.05, 0.1) is 5.92 Å². The molecule has 0 aromatic heterocycles. The van der Waals surface area contributed by atoms with Crippen LogP contribution >= 0.6 is 0 Å². The highest BCUT2D eigenvalue weighted by Crippen LogP contribution is 2.37. The molecule has 27 heavy (non-hydrogen) atoms. The molecule has 2 heterocycles. The van der Waals surface area contributed by atoms with Crippen LogP contribution < -0.4 is 19.7 Å². The Labute approximate surface area is 153 Å². The molecule has 1 aromatic carbocycles. The maximum Gasteiger partial charge on any atom is 0.326 e. The molecule has 0 bridgehead atoms. The van der Waals surface area contributed by atoms with E-state index >= 15 is 0 Å². The standard InChI is InChI=1S/C17H18N2O8/c20-14-5-9(16(23)18-11(17(24)25)2-4-15(21)22)7-19(14)10-1-3-12-13(6-10)27-8-26-12/h1,3,6,9,11H,2,4-5,7-8H2,(H,18,23)(H,21,22)(H,24,25)/t9?,11-/m0/s1. The van der Waals surface area contributed by atoms with E-state index in [4.69, 9.17) is 19.7 Å². The van der Waals surface area contributed by atoms with Crippen LogP contribution in [0.5, 0.6) is 11.5 Å². The summed E-state index contributed by atoms with van der Waals surface area (Å²) in [5.74, 6) is -2.98. The maximum atomic E-state index is 12.4. The van der Waals surface area contributed by atoms with Crippen LogP contribution in [-0.2, 0) is 19.2 Å². The molecule has 144 valence electrons. The molecule has 0 spiro atoms. The zero-order valence-corrected chi connectivity index (χ0v) is 14.2. The lowest BCUT2D eigenvalue weighted by atomic mass is 10.1. The molecule has 0 radical (unpaired) electrons. The first-order valence-corrected chi connectivity index (χ1v) is 8.30. The number of hydrogen-bond acceptors (Lipinski definition) is 6. The second kappa shape index (κ2) is 7.52. The van der Waals surface area contributed by atoms with Crippen molar-refractivity contribution in [3.8, 4) is 11.5 Å². The van der Waals surface area contributed by atoms with Gasteiger partial charge in [-0.15, -0.1) is 0 Å². The summed E-state index contributed by atoms with van der Waals surface area (Å²) in [6, 6.07) is 3.68. The van der Waals surface area contributed by atoms with E-state index in [9.17, 15) is 19.2 Å². The summed E-state index contributed by atoms with van der Waals surface area (Å²) in [6.45, 7) is 0.195. The van der Waals surface area contributed by atoms with Crippen molar-refractivity contribution < 1.29 is 38.9 Å². The molecule has 1 aromatic rings. The highest BCUT2D eigenvalue weighted by Gasteiger charge is 2.37. The number of ether oxygens (including phenoxy) is 2. The van der Waals surface area contributed by atoms with Gasteiger partial charge in [-0.25, -0.2) is 4.79 Å². The van der Waals surface area contributed by atoms with Crippen molar-refractivity contribution in [3.63, 3.8) is 0 Å². The van der Waals surface area contributed by atoms with Crippen LogP contribution in [0, 0.1) is 5.92 Å². The van der Waals surface area contributed by atoms with Gasteiger partial charge in [-0.3, -0.25) is 14.4 Å². The molecule has 0 aliphatic carbocycles. The van der Waals surface area contributed by atoms with Crippen LogP contribution in [0.4, 0.5) is 5.69 Å². The zero-order valence-electron chi connectivity index (χ0n) is 14.2. The maximum absolute atomic E-state index is 12.4. The largest absolute Gasteiger partial charge is 0.481 e. The monoisotopic (exact) mass is 378 g/mol. The summed E-state index contributed by atoms with van der Waals surface area (Å²) >= 11 is 0. The Kier molecular flexibility index (Phi) is 5.15. The Morgan fingerprint density at radius 1 is 1.22 bits per heavy atom. The van der Waals surface area contributed by atoms with Crippen molar-refractivity contribution in [2.75, 3.05) is 18.2 Å². The Balaban J connectivity index is 1.64. The van der Waals surface area contributed by atoms with Crippen LogP contribution in [0.25, 0.3) is 0 Å². The first kappa shape index (κ1) is 18.5. The summed E-state index contributed by atoms with van der Waals surface area (Å²) in [5, 5.41) is 20.1. The number of nitrogens with zero attached hydrogens (tertiary/aromatic N) is 1. The summed E-state index contributed by atoms with van der Waals surface area (Å²) in [5.41, 5.74) is 0.556. The van der Waals surface area contributed by atoms with Gasteiger partial charge in [0.2, 0.25) is 18.6 Å². The van der Waals surface area contributed by atoms with Crippen molar-refractivity contribution >= 4 is 29.4 Å². The fourth-order valence-corrected chi connectivity index (χ4v) is 3.00. The summed E-state index contributed by atoms with van der Waals surface area (Å²) < 4.78 is 10.5. The van der Waals surface area contributed by atoms with Crippen LogP contribution in [0.3, 0.4) is 0 Å². The molecule has 10 nitrogen and oxygen atoms in total. The molecule has 2 aliphatic heterocycles. The normalized spacial score (nSPS) is 19.0. The highest BCUT2D eigenvalue weighted by atomic mass is 16.7. The molecule has 3 rings (SSSR count). The molecule has 1 saturated heterocycles. The lowest BCUT2D eigenvalue weighted by molar-refractivity contribution is -0.143. The number of nitrogens with one attached hydrogen (secondary N) is 1. The lowest BCUT2D eigenvalue weighted by Crippen LogP contribution is -2.44. The van der Waals surface area contributed by atoms with Crippen molar-refractivity contribution in [1.29, 1.82) is 0 Å². The van der Waals surface area contributed by atoms with Crippen LogP contribution in [0.2, 0.25) is 0 Å². The predicted molar refractivity (Wildman–Crippen MR) is 89.5 cm³/mol. The van der Waals surface area contributed by atoms with Gasteiger partial charge in [-0.2, -0.15) is 0 Å². The molecule has 3 N–H and O–H groups in total. The van der Waals surface area contributed by atoms with Crippen molar-refractivity contribution in [2.45, 2.75) is 25.3 Å². The molecular weight excluding hydrogens is 360 g/mol. The summed E-state index contributed by atoms with van der Waals surface area (Å²) in [6.07, 6.45) is -0.682. The number of hydrogen-bond donors (Lipinski definition) is 3. The van der Waals surface area contributed by atoms with Gasteiger partial charge in [0.25, 0.3) is 0 Å². The number of carboxylic acid groups (broad SMARTS) is 2. The minimum absolute atomic E-state index is 0.0639. The van der Waals surface area contributed by atoms with Gasteiger partial charge < -0.3 is 29.9 Å². The molecule has 2 atom stereocenters. The molecule has 0 saturated carbocycles. The quantitative estimate of drug-likeness (QED) is 0.611. The van der Waals surface area contributed by atoms with Gasteiger partial charge in [0.15, 0.2) is 11.5 Å². The Morgan fingerprint density at radius 3 is 2.67 bits per heavy atom. The van der Waals surface area contributed by atoms with Crippen molar-refractivity contribution in [2.24, 2.45) is 5.92 Å². The number of amides is 2. The summed E-state index contributed by atoms with van der Waals surface area (Å²) in [7, 11) is 0. The Morgan fingerprint density at radius 2 is 1.96 bits per heavy atom. The van der Waals surface area contributed by atoms with E-state index in [-0.39, 0.29) is 38.5 Å². The third-order valence-electron chi connectivity index (χ3n) is 4.43. The first-order chi connectivity index (χ1) is 12.8. The van der Waals surface area contributed by atoms with Gasteiger partial charge in [0, 0.05) is 31.1 Å². The molecule has 1 fully saturated rings. The van der Waals surface area contributed by atoms with Crippen LogP contribution in [0.1, 0.15) is 19.3 Å². The number of rotatable bonds is 7. The van der Waals surface area contributed by atoms with Gasteiger partial charge in [-0.1, -0.05) is 0 Å². The van der Waals surface area contributed by atoms with E-state index in [1.807, 2.05) is 0 Å². The lowest BCUT2D eigenvalue weighted by Gasteiger charge is -2.18. The van der Waals surface area contributed by atoms with E-state index in [1.165, 1.54) is 4.90 Å². The predicted octanol–water partition coefficient (Wildman–Crippen LogP) is 0.202. The van der Waals surface area contributed by atoms with Gasteiger partial charge in [-0.05, 0) is 18.6 Å². The van der Waals surface area contributed by atoms with E-state index in [0.29, 0.717) is 17.2 Å². The van der Waals surface area contributed by atoms with E-state index in [2.05, 4.69) is 5.32 Å². The smallest absolute Gasteiger partial charge is 0.326 e. The highest BCUT2D eigenvalue weighted by molar-refractivity contribution is 6.01. The number of benzene rings is 1. The fourth-order valence-electron chi connectivity index (χ4n) is 3.00. The number of carboxylic acids is 2. The summed E-state index contributed by atoms with van der Waals surface area (Å²) in [4.78, 5) is 47.9. The SMILES string of the molecule is O=C(O)CC[C@H](NC(=O)C1CC(=O)N(c2ccc3c(c2)OCO3)C1)C(=O)O. The van der Waals surface area contributed by atoms with Crippen molar-refractivity contribution in [3.05, 3.63) is 18.2 Å². The minimum atomic E-state index is -1.32. The van der Waals surface area contributed by atoms with Gasteiger partial charge in [0.1, 0.15) is 6.04 Å². The number of aliphatic carboxylic acids is 2. The van der Waals surface area contributed by atoms with E-state index < -0.39 is 29.8 Å². The molecule has 1 unspecified atom stereocenters. The average Bonchev–Trinajstić information content (AvgIpc) is 3.23. The topological polar surface area (TPSA) is 142 Å². The van der Waals surface area contributed by atoms with Crippen LogP contribution in [0.15, 0.2) is 18.2 Å². The zero-order chi connectivity index (χ0) is 19.6. The molecule has 2 amide bonds. The molecular formula is C17H18N2O8. The Hall–Kier alpha value is -3.30. The molecule has 2 aliphatic rings. The van der Waals surface area contributed by atoms with Gasteiger partial charge >= 0.3 is 11.9 Å². The average molecular weight is 378 g/mol. The fraction of sp³-hybridized carbons (Fsp3) is 0.412. The number of anilines is 1. The number of fused-ring (bicyclic) bond motifs is 1. The van der Waals surface area contributed by atoms with Crippen molar-refractivity contribution in [1.82, 2.24) is 5.32 Å². The number of carbonyl (C=O) groups is 4. The van der Waals surface area contributed by atoms with E-state index in [1.54, 1.807) is 18.2 Å². The Bertz CT molecular complexity index is 793. The van der Waals surface area contributed by atoms with E-state index in [0.717, 1.165) is 0 Å². The third-order valence-corrected chi connectivity index (χ3v) is 4.43. The number of carbonyl (C=O) groups excluding carboxylic acids is 2. The second-order valence-electron chi connectivity index (χ2n) is 6.27. The first-order valence-electron chi connectivity index (χ1n) is 8.30. The van der Waals surface area contributed by atoms with Crippen LogP contribution in [-0.4, -0.2) is 53.3 Å².